The van der Waals surface area contributed by atoms with E-state index in [1.165, 1.54) is 6.07 Å². The molecule has 1 aromatic heterocycles. The highest BCUT2D eigenvalue weighted by atomic mass is 19.1. The summed E-state index contributed by atoms with van der Waals surface area (Å²) in [4.78, 5) is 27.5. The molecule has 7 nitrogen and oxygen atoms in total. The lowest BCUT2D eigenvalue weighted by molar-refractivity contribution is -0.142. The van der Waals surface area contributed by atoms with Gasteiger partial charge in [-0.2, -0.15) is 0 Å². The number of nitrogens with zero attached hydrogens (tertiary/aromatic N) is 1. The van der Waals surface area contributed by atoms with Gasteiger partial charge >= 0.3 is 5.97 Å². The molecule has 1 aliphatic heterocycles. The molecule has 0 saturated carbocycles. The molecule has 1 fully saturated rings. The molecule has 0 aliphatic carbocycles. The number of hydrogen-bond acceptors (Lipinski definition) is 5. The maximum Gasteiger partial charge on any atom is 0.326 e. The SMILES string of the molecule is O=C(NC(C(=O)O)C1CCCOC1)c1coc(-c2c(F)cccc2F)n1. The molecule has 2 atom stereocenters. The molecule has 26 heavy (non-hydrogen) atoms. The van der Waals surface area contributed by atoms with Crippen LogP contribution in [-0.2, 0) is 9.53 Å². The van der Waals surface area contributed by atoms with Crippen LogP contribution < -0.4 is 5.32 Å². The van der Waals surface area contributed by atoms with Gasteiger partial charge in [0.2, 0.25) is 5.89 Å². The quantitative estimate of drug-likeness (QED) is 0.841. The minimum absolute atomic E-state index is 0.224. The van der Waals surface area contributed by atoms with E-state index >= 15 is 0 Å². The van der Waals surface area contributed by atoms with Crippen molar-refractivity contribution < 1.29 is 32.6 Å². The van der Waals surface area contributed by atoms with Crippen LogP contribution in [0, 0.1) is 17.6 Å². The second-order valence-corrected chi connectivity index (χ2v) is 5.90. The summed E-state index contributed by atoms with van der Waals surface area (Å²) >= 11 is 0. The molecule has 0 spiro atoms. The predicted molar refractivity (Wildman–Crippen MR) is 84.3 cm³/mol. The molecule has 0 radical (unpaired) electrons. The van der Waals surface area contributed by atoms with E-state index in [0.717, 1.165) is 18.4 Å². The topological polar surface area (TPSA) is 102 Å². The Kier molecular flexibility index (Phi) is 5.27. The summed E-state index contributed by atoms with van der Waals surface area (Å²) in [6.07, 6.45) is 2.22. The fourth-order valence-electron chi connectivity index (χ4n) is 2.82. The number of amides is 1. The number of hydrogen-bond donors (Lipinski definition) is 2. The van der Waals surface area contributed by atoms with Crippen LogP contribution in [0.2, 0.25) is 0 Å². The van der Waals surface area contributed by atoms with Crippen molar-refractivity contribution in [1.82, 2.24) is 10.3 Å². The second-order valence-electron chi connectivity index (χ2n) is 5.90. The van der Waals surface area contributed by atoms with Crippen LogP contribution in [0.15, 0.2) is 28.9 Å². The number of aliphatic carboxylic acids is 1. The smallest absolute Gasteiger partial charge is 0.326 e. The highest BCUT2D eigenvalue weighted by Crippen LogP contribution is 2.25. The lowest BCUT2D eigenvalue weighted by Crippen LogP contribution is -2.48. The molecule has 2 aromatic rings. The number of carboxylic acids is 1. The number of ether oxygens (including phenoxy) is 1. The van der Waals surface area contributed by atoms with Crippen molar-refractivity contribution >= 4 is 11.9 Å². The number of nitrogens with one attached hydrogen (secondary N) is 1. The molecular formula is C17H16F2N2O5. The first-order chi connectivity index (χ1) is 12.5. The summed E-state index contributed by atoms with van der Waals surface area (Å²) in [6, 6.07) is 2.10. The predicted octanol–water partition coefficient (Wildman–Crippen LogP) is 2.23. The van der Waals surface area contributed by atoms with Crippen molar-refractivity contribution in [2.45, 2.75) is 18.9 Å². The lowest BCUT2D eigenvalue weighted by atomic mass is 9.93. The van der Waals surface area contributed by atoms with E-state index in [1.54, 1.807) is 0 Å². The fourth-order valence-corrected chi connectivity index (χ4v) is 2.82. The minimum Gasteiger partial charge on any atom is -0.480 e. The third-order valence-corrected chi connectivity index (χ3v) is 4.13. The van der Waals surface area contributed by atoms with Crippen LogP contribution in [0.1, 0.15) is 23.3 Å². The number of benzene rings is 1. The molecule has 1 amide bonds. The Bertz CT molecular complexity index is 797. The van der Waals surface area contributed by atoms with Gasteiger partial charge in [-0.25, -0.2) is 18.6 Å². The Morgan fingerprint density at radius 1 is 1.31 bits per heavy atom. The van der Waals surface area contributed by atoms with Crippen LogP contribution in [-0.4, -0.2) is 41.2 Å². The first-order valence-electron chi connectivity index (χ1n) is 7.98. The summed E-state index contributed by atoms with van der Waals surface area (Å²) in [5.74, 6) is -4.56. The van der Waals surface area contributed by atoms with Gasteiger partial charge in [-0.3, -0.25) is 4.79 Å². The van der Waals surface area contributed by atoms with Crippen molar-refractivity contribution in [3.8, 4) is 11.5 Å². The van der Waals surface area contributed by atoms with Gasteiger partial charge in [0, 0.05) is 12.5 Å². The van der Waals surface area contributed by atoms with Gasteiger partial charge in [-0.05, 0) is 25.0 Å². The summed E-state index contributed by atoms with van der Waals surface area (Å²) in [5.41, 5.74) is -0.771. The monoisotopic (exact) mass is 366 g/mol. The maximum absolute atomic E-state index is 13.8. The summed E-state index contributed by atoms with van der Waals surface area (Å²) in [7, 11) is 0. The number of oxazole rings is 1. The Morgan fingerprint density at radius 2 is 2.04 bits per heavy atom. The summed E-state index contributed by atoms with van der Waals surface area (Å²) < 4.78 is 37.8. The highest BCUT2D eigenvalue weighted by molar-refractivity contribution is 5.95. The zero-order chi connectivity index (χ0) is 18.7. The largest absolute Gasteiger partial charge is 0.480 e. The molecule has 9 heteroatoms. The van der Waals surface area contributed by atoms with E-state index in [1.807, 2.05) is 0 Å². The zero-order valence-electron chi connectivity index (χ0n) is 13.6. The Labute approximate surface area is 147 Å². The van der Waals surface area contributed by atoms with Crippen LogP contribution in [0.25, 0.3) is 11.5 Å². The minimum atomic E-state index is -1.20. The van der Waals surface area contributed by atoms with Gasteiger partial charge in [0.05, 0.1) is 6.61 Å². The molecule has 2 heterocycles. The second kappa shape index (κ2) is 7.61. The molecule has 138 valence electrons. The third kappa shape index (κ3) is 3.72. The number of halogens is 2. The van der Waals surface area contributed by atoms with Crippen LogP contribution >= 0.6 is 0 Å². The number of aromatic nitrogens is 1. The molecule has 1 saturated heterocycles. The average Bonchev–Trinajstić information content (AvgIpc) is 3.09. The van der Waals surface area contributed by atoms with E-state index in [9.17, 15) is 23.5 Å². The van der Waals surface area contributed by atoms with E-state index in [-0.39, 0.29) is 18.2 Å². The molecular weight excluding hydrogens is 350 g/mol. The third-order valence-electron chi connectivity index (χ3n) is 4.13. The van der Waals surface area contributed by atoms with E-state index < -0.39 is 41.0 Å². The van der Waals surface area contributed by atoms with Gasteiger partial charge in [-0.15, -0.1) is 0 Å². The molecule has 2 unspecified atom stereocenters. The van der Waals surface area contributed by atoms with E-state index in [0.29, 0.717) is 19.4 Å². The Morgan fingerprint density at radius 3 is 2.65 bits per heavy atom. The highest BCUT2D eigenvalue weighted by Gasteiger charge is 2.32. The van der Waals surface area contributed by atoms with Gasteiger partial charge in [0.15, 0.2) is 5.69 Å². The Balaban J connectivity index is 1.78. The summed E-state index contributed by atoms with van der Waals surface area (Å²) in [6.45, 7) is 0.777. The van der Waals surface area contributed by atoms with Gasteiger partial charge in [-0.1, -0.05) is 6.07 Å². The van der Waals surface area contributed by atoms with Crippen molar-refractivity contribution in [1.29, 1.82) is 0 Å². The summed E-state index contributed by atoms with van der Waals surface area (Å²) in [5, 5.41) is 11.7. The van der Waals surface area contributed by atoms with Crippen molar-refractivity contribution in [2.24, 2.45) is 5.92 Å². The molecule has 0 bridgehead atoms. The first kappa shape index (κ1) is 18.0. The number of carbonyl (C=O) groups is 2. The maximum atomic E-state index is 13.8. The van der Waals surface area contributed by atoms with Crippen LogP contribution in [0.4, 0.5) is 8.78 Å². The number of carbonyl (C=O) groups excluding carboxylic acids is 1. The van der Waals surface area contributed by atoms with Crippen molar-refractivity contribution in [3.63, 3.8) is 0 Å². The Hall–Kier alpha value is -2.81. The van der Waals surface area contributed by atoms with Gasteiger partial charge in [0.25, 0.3) is 5.91 Å². The van der Waals surface area contributed by atoms with Crippen molar-refractivity contribution in [3.05, 3.63) is 41.8 Å². The van der Waals surface area contributed by atoms with Gasteiger partial charge in [0.1, 0.15) is 29.5 Å². The molecule has 2 N–H and O–H groups in total. The first-order valence-corrected chi connectivity index (χ1v) is 7.98. The van der Waals surface area contributed by atoms with Crippen LogP contribution in [0.3, 0.4) is 0 Å². The fraction of sp³-hybridized carbons (Fsp3) is 0.353. The number of carboxylic acid groups (broad SMARTS) is 1. The van der Waals surface area contributed by atoms with E-state index in [4.69, 9.17) is 9.15 Å². The zero-order valence-corrected chi connectivity index (χ0v) is 13.6. The van der Waals surface area contributed by atoms with Gasteiger partial charge < -0.3 is 19.6 Å². The lowest BCUT2D eigenvalue weighted by Gasteiger charge is -2.27. The normalized spacial score (nSPS) is 18.3. The average molecular weight is 366 g/mol. The molecule has 1 aromatic carbocycles. The van der Waals surface area contributed by atoms with Crippen molar-refractivity contribution in [2.75, 3.05) is 13.2 Å². The van der Waals surface area contributed by atoms with Crippen LogP contribution in [0.5, 0.6) is 0 Å². The van der Waals surface area contributed by atoms with E-state index in [2.05, 4.69) is 10.3 Å². The standard InChI is InChI=1S/C17H16F2N2O5/c18-10-4-1-5-11(19)13(10)16-20-12(8-26-16)15(22)21-14(17(23)24)9-3-2-6-25-7-9/h1,4-5,8-9,14H,2-3,6-7H2,(H,21,22)(H,23,24). The number of rotatable bonds is 5. The molecule has 1 aliphatic rings. The molecule has 3 rings (SSSR count).